The summed E-state index contributed by atoms with van der Waals surface area (Å²) in [5.74, 6) is -3.93. The number of carbonyl (C=O) groups excluding carboxylic acids is 3. The first-order chi connectivity index (χ1) is 11.8. The number of nitrogens with one attached hydrogen (secondary N) is 2. The lowest BCUT2D eigenvalue weighted by molar-refractivity contribution is -0.155. The van der Waals surface area contributed by atoms with E-state index in [-0.39, 0.29) is 18.8 Å². The molecule has 3 amide bonds. The van der Waals surface area contributed by atoms with Gasteiger partial charge in [0.05, 0.1) is 12.5 Å². The monoisotopic (exact) mass is 372 g/mol. The molecule has 148 valence electrons. The molecule has 2 unspecified atom stereocenters. The Labute approximate surface area is 152 Å². The molecule has 5 N–H and O–H groups in total. The maximum Gasteiger partial charge on any atom is 0.332 e. The predicted molar refractivity (Wildman–Crippen MR) is 94.2 cm³/mol. The SMILES string of the molecule is CC(C)CC(C(=O)O)C(=O)NC(/C=N/NC(N)=O)CC(=O)OC(C)(C)C. The minimum absolute atomic E-state index is 0.0173. The van der Waals surface area contributed by atoms with Gasteiger partial charge < -0.3 is 20.9 Å². The Morgan fingerprint density at radius 2 is 1.81 bits per heavy atom. The molecule has 0 aromatic heterocycles. The van der Waals surface area contributed by atoms with Gasteiger partial charge in [-0.2, -0.15) is 5.10 Å². The zero-order chi connectivity index (χ0) is 20.5. The molecule has 0 saturated carbocycles. The molecule has 0 rings (SSSR count). The van der Waals surface area contributed by atoms with E-state index in [1.807, 2.05) is 5.43 Å². The second-order valence-corrected chi connectivity index (χ2v) is 7.18. The summed E-state index contributed by atoms with van der Waals surface area (Å²) in [4.78, 5) is 46.2. The van der Waals surface area contributed by atoms with Gasteiger partial charge in [-0.1, -0.05) is 13.8 Å². The van der Waals surface area contributed by atoms with Gasteiger partial charge in [0.1, 0.15) is 11.5 Å². The fourth-order valence-corrected chi connectivity index (χ4v) is 1.97. The molecule has 0 spiro atoms. The molecular weight excluding hydrogens is 344 g/mol. The van der Waals surface area contributed by atoms with E-state index in [4.69, 9.17) is 10.5 Å². The van der Waals surface area contributed by atoms with Crippen LogP contribution in [0.3, 0.4) is 0 Å². The fourth-order valence-electron chi connectivity index (χ4n) is 1.97. The molecule has 0 radical (unpaired) electrons. The Hall–Kier alpha value is -2.65. The summed E-state index contributed by atoms with van der Waals surface area (Å²) in [6.45, 7) is 8.64. The lowest BCUT2D eigenvalue weighted by atomic mass is 9.96. The quantitative estimate of drug-likeness (QED) is 0.201. The summed E-state index contributed by atoms with van der Waals surface area (Å²) in [6.07, 6.45) is 0.929. The van der Waals surface area contributed by atoms with Gasteiger partial charge in [-0.25, -0.2) is 10.2 Å². The molecular formula is C16H28N4O6. The molecule has 26 heavy (non-hydrogen) atoms. The van der Waals surface area contributed by atoms with Crippen LogP contribution in [0.15, 0.2) is 5.10 Å². The number of aliphatic carboxylic acids is 1. The van der Waals surface area contributed by atoms with E-state index in [0.717, 1.165) is 6.21 Å². The van der Waals surface area contributed by atoms with E-state index in [2.05, 4.69) is 10.4 Å². The van der Waals surface area contributed by atoms with E-state index >= 15 is 0 Å². The standard InChI is InChI=1S/C16H28N4O6/c1-9(2)6-11(14(23)24)13(22)19-10(8-18-20-15(17)25)7-12(21)26-16(3,4)5/h8-11H,6-7H2,1-5H3,(H,19,22)(H,23,24)(H3,17,20,25)/b18-8+. The normalized spacial score (nSPS) is 13.9. The first-order valence-corrected chi connectivity index (χ1v) is 8.15. The van der Waals surface area contributed by atoms with Gasteiger partial charge in [-0.05, 0) is 33.1 Å². The van der Waals surface area contributed by atoms with Crippen LogP contribution in [-0.4, -0.2) is 46.8 Å². The third-order valence-electron chi connectivity index (χ3n) is 2.89. The molecule has 10 nitrogen and oxygen atoms in total. The van der Waals surface area contributed by atoms with Crippen LogP contribution in [0.1, 0.15) is 47.5 Å². The second kappa shape index (κ2) is 10.4. The fraction of sp³-hybridized carbons (Fsp3) is 0.688. The molecule has 0 aromatic carbocycles. The number of hydrogen-bond acceptors (Lipinski definition) is 6. The summed E-state index contributed by atoms with van der Waals surface area (Å²) in [5, 5.41) is 15.2. The number of hydrazone groups is 1. The van der Waals surface area contributed by atoms with E-state index in [9.17, 15) is 24.3 Å². The molecule has 0 bridgehead atoms. The van der Waals surface area contributed by atoms with Crippen LogP contribution in [0.2, 0.25) is 0 Å². The van der Waals surface area contributed by atoms with Crippen molar-refractivity contribution in [3.63, 3.8) is 0 Å². The number of primary amides is 1. The zero-order valence-electron chi connectivity index (χ0n) is 15.7. The average molecular weight is 372 g/mol. The number of amides is 3. The van der Waals surface area contributed by atoms with Crippen LogP contribution in [-0.2, 0) is 19.1 Å². The van der Waals surface area contributed by atoms with Crippen molar-refractivity contribution in [2.24, 2.45) is 22.7 Å². The summed E-state index contributed by atoms with van der Waals surface area (Å²) in [5.41, 5.74) is 6.10. The highest BCUT2D eigenvalue weighted by molar-refractivity contribution is 5.98. The zero-order valence-corrected chi connectivity index (χ0v) is 15.7. The summed E-state index contributed by atoms with van der Waals surface area (Å²) in [7, 11) is 0. The topological polar surface area (TPSA) is 160 Å². The van der Waals surface area contributed by atoms with Crippen LogP contribution in [0.5, 0.6) is 0 Å². The number of nitrogens with zero attached hydrogens (tertiary/aromatic N) is 1. The first kappa shape index (κ1) is 23.4. The number of carboxylic acids is 1. The lowest BCUT2D eigenvalue weighted by Gasteiger charge is -2.22. The van der Waals surface area contributed by atoms with Crippen LogP contribution in [0, 0.1) is 11.8 Å². The Morgan fingerprint density at radius 3 is 2.23 bits per heavy atom. The Bertz CT molecular complexity index is 553. The van der Waals surface area contributed by atoms with Gasteiger partial charge in [0, 0.05) is 6.21 Å². The smallest absolute Gasteiger partial charge is 0.332 e. The van der Waals surface area contributed by atoms with Crippen LogP contribution >= 0.6 is 0 Å². The average Bonchev–Trinajstić information content (AvgIpc) is 2.41. The molecule has 2 atom stereocenters. The van der Waals surface area contributed by atoms with E-state index < -0.39 is 41.4 Å². The van der Waals surface area contributed by atoms with Gasteiger partial charge >= 0.3 is 18.0 Å². The van der Waals surface area contributed by atoms with Crippen molar-refractivity contribution >= 4 is 30.1 Å². The summed E-state index contributed by atoms with van der Waals surface area (Å²) in [6, 6.07) is -1.90. The minimum Gasteiger partial charge on any atom is -0.481 e. The molecule has 0 aliphatic carbocycles. The number of carbonyl (C=O) groups is 4. The summed E-state index contributed by atoms with van der Waals surface area (Å²) < 4.78 is 5.17. The van der Waals surface area contributed by atoms with Crippen molar-refractivity contribution in [3.05, 3.63) is 0 Å². The lowest BCUT2D eigenvalue weighted by Crippen LogP contribution is -2.44. The van der Waals surface area contributed by atoms with E-state index in [1.54, 1.807) is 34.6 Å². The highest BCUT2D eigenvalue weighted by Crippen LogP contribution is 2.13. The third-order valence-corrected chi connectivity index (χ3v) is 2.89. The predicted octanol–water partition coefficient (Wildman–Crippen LogP) is 0.604. The van der Waals surface area contributed by atoms with Gasteiger partial charge in [0.2, 0.25) is 5.91 Å². The maximum atomic E-state index is 12.3. The van der Waals surface area contributed by atoms with Crippen molar-refractivity contribution in [3.8, 4) is 0 Å². The Kier molecular flexibility index (Phi) is 9.31. The van der Waals surface area contributed by atoms with Crippen molar-refractivity contribution in [1.29, 1.82) is 0 Å². The number of ether oxygens (including phenoxy) is 1. The highest BCUT2D eigenvalue weighted by atomic mass is 16.6. The minimum atomic E-state index is -1.27. The number of esters is 1. The maximum absolute atomic E-state index is 12.3. The van der Waals surface area contributed by atoms with E-state index in [0.29, 0.717) is 0 Å². The van der Waals surface area contributed by atoms with Gasteiger partial charge in [-0.15, -0.1) is 0 Å². The largest absolute Gasteiger partial charge is 0.481 e. The van der Waals surface area contributed by atoms with E-state index in [1.165, 1.54) is 0 Å². The molecule has 0 aliphatic rings. The highest BCUT2D eigenvalue weighted by Gasteiger charge is 2.29. The number of hydrogen-bond donors (Lipinski definition) is 4. The third kappa shape index (κ3) is 11.0. The second-order valence-electron chi connectivity index (χ2n) is 7.18. The van der Waals surface area contributed by atoms with Crippen molar-refractivity contribution < 1.29 is 29.0 Å². The Balaban J connectivity index is 5.16. The van der Waals surface area contributed by atoms with Crippen molar-refractivity contribution in [2.45, 2.75) is 59.1 Å². The molecule has 10 heteroatoms. The number of urea groups is 1. The van der Waals surface area contributed by atoms with Crippen LogP contribution < -0.4 is 16.5 Å². The molecule has 0 aromatic rings. The number of carboxylic acid groups (broad SMARTS) is 1. The van der Waals surface area contributed by atoms with Crippen molar-refractivity contribution in [1.82, 2.24) is 10.7 Å². The van der Waals surface area contributed by atoms with Crippen LogP contribution in [0.4, 0.5) is 4.79 Å². The van der Waals surface area contributed by atoms with Gasteiger partial charge in [-0.3, -0.25) is 14.4 Å². The van der Waals surface area contributed by atoms with Crippen molar-refractivity contribution in [2.75, 3.05) is 0 Å². The molecule has 0 saturated heterocycles. The number of nitrogens with two attached hydrogens (primary N) is 1. The van der Waals surface area contributed by atoms with Crippen LogP contribution in [0.25, 0.3) is 0 Å². The summed E-state index contributed by atoms with van der Waals surface area (Å²) >= 11 is 0. The number of rotatable bonds is 9. The molecule has 0 heterocycles. The molecule has 0 fully saturated rings. The molecule has 0 aliphatic heterocycles. The van der Waals surface area contributed by atoms with Gasteiger partial charge in [0.15, 0.2) is 0 Å². The first-order valence-electron chi connectivity index (χ1n) is 8.15. The van der Waals surface area contributed by atoms with Gasteiger partial charge in [0.25, 0.3) is 0 Å². The Morgan fingerprint density at radius 1 is 1.23 bits per heavy atom.